The van der Waals surface area contributed by atoms with Crippen molar-refractivity contribution in [1.29, 1.82) is 0 Å². The topological polar surface area (TPSA) is 47.4 Å². The summed E-state index contributed by atoms with van der Waals surface area (Å²) in [5, 5.41) is 5.09. The van der Waals surface area contributed by atoms with Gasteiger partial charge in [0, 0.05) is 19.2 Å². The Morgan fingerprint density at radius 1 is 1.26 bits per heavy atom. The van der Waals surface area contributed by atoms with Crippen LogP contribution in [0.3, 0.4) is 0 Å². The molecule has 5 nitrogen and oxygen atoms in total. The van der Waals surface area contributed by atoms with E-state index in [1.165, 1.54) is 5.56 Å². The minimum atomic E-state index is -0.443. The van der Waals surface area contributed by atoms with E-state index in [1.54, 1.807) is 4.68 Å². The number of hydrogen-bond acceptors (Lipinski definition) is 4. The average Bonchev–Trinajstić information content (AvgIpc) is 2.90. The maximum atomic E-state index is 12.8. The van der Waals surface area contributed by atoms with Gasteiger partial charge in [0.15, 0.2) is 0 Å². The zero-order valence-corrected chi connectivity index (χ0v) is 17.1. The third-order valence-corrected chi connectivity index (χ3v) is 6.03. The van der Waals surface area contributed by atoms with Crippen LogP contribution in [0.5, 0.6) is 0 Å². The number of halogens is 1. The van der Waals surface area contributed by atoms with Gasteiger partial charge in [-0.05, 0) is 51.8 Å². The summed E-state index contributed by atoms with van der Waals surface area (Å²) in [6, 6.07) is 10.2. The number of rotatable bonds is 6. The van der Waals surface area contributed by atoms with Gasteiger partial charge in [-0.3, -0.25) is 14.4 Å². The maximum Gasteiger partial charge on any atom is 0.312 e. The predicted molar refractivity (Wildman–Crippen MR) is 107 cm³/mol. The number of esters is 1. The van der Waals surface area contributed by atoms with Crippen LogP contribution in [-0.4, -0.2) is 40.3 Å². The van der Waals surface area contributed by atoms with E-state index in [4.69, 9.17) is 16.3 Å². The van der Waals surface area contributed by atoms with E-state index in [1.807, 2.05) is 39.1 Å². The number of carbonyl (C=O) groups is 1. The zero-order valence-electron chi connectivity index (χ0n) is 16.4. The Balaban J connectivity index is 1.72. The van der Waals surface area contributed by atoms with Crippen molar-refractivity contribution >= 4 is 17.6 Å². The Morgan fingerprint density at radius 2 is 1.93 bits per heavy atom. The third-order valence-electron chi connectivity index (χ3n) is 5.56. The molecule has 6 heteroatoms. The van der Waals surface area contributed by atoms with Crippen LogP contribution in [0.25, 0.3) is 0 Å². The molecule has 0 N–H and O–H groups in total. The van der Waals surface area contributed by atoms with Gasteiger partial charge in [0.1, 0.15) is 5.15 Å². The van der Waals surface area contributed by atoms with E-state index < -0.39 is 5.41 Å². The first-order chi connectivity index (χ1) is 12.9. The zero-order chi connectivity index (χ0) is 19.4. The van der Waals surface area contributed by atoms with Crippen molar-refractivity contribution in [2.24, 2.45) is 12.5 Å². The lowest BCUT2D eigenvalue weighted by atomic mass is 9.73. The second-order valence-electron chi connectivity index (χ2n) is 7.42. The molecule has 0 atom stereocenters. The van der Waals surface area contributed by atoms with E-state index in [0.717, 1.165) is 50.2 Å². The lowest BCUT2D eigenvalue weighted by Crippen LogP contribution is -2.46. The molecule has 2 aromatic rings. The van der Waals surface area contributed by atoms with Gasteiger partial charge in [0.2, 0.25) is 0 Å². The smallest absolute Gasteiger partial charge is 0.312 e. The Morgan fingerprint density at radius 3 is 2.48 bits per heavy atom. The molecule has 1 saturated heterocycles. The van der Waals surface area contributed by atoms with Gasteiger partial charge in [0.05, 0.1) is 17.7 Å². The second kappa shape index (κ2) is 8.44. The average molecular weight is 390 g/mol. The number of benzene rings is 1. The molecule has 3 rings (SSSR count). The Kier molecular flexibility index (Phi) is 6.22. The standard InChI is InChI=1S/C21H28ClN3O2/c1-4-27-20(26)21(14-17-8-6-5-7-9-17)10-12-25(13-11-21)15-18-16(2)23-24(3)19(18)22/h5-9H,4,10-15H2,1-3H3. The van der Waals surface area contributed by atoms with Gasteiger partial charge in [-0.1, -0.05) is 41.9 Å². The number of nitrogens with zero attached hydrogens (tertiary/aromatic N) is 3. The summed E-state index contributed by atoms with van der Waals surface area (Å²) in [5.74, 6) is -0.0657. The van der Waals surface area contributed by atoms with Crippen LogP contribution in [0.4, 0.5) is 0 Å². The highest BCUT2D eigenvalue weighted by molar-refractivity contribution is 6.30. The largest absolute Gasteiger partial charge is 0.466 e. The fourth-order valence-corrected chi connectivity index (χ4v) is 4.17. The van der Waals surface area contributed by atoms with Crippen LogP contribution >= 0.6 is 11.6 Å². The molecule has 0 bridgehead atoms. The Hall–Kier alpha value is -1.85. The van der Waals surface area contributed by atoms with Crippen LogP contribution in [0, 0.1) is 12.3 Å². The van der Waals surface area contributed by atoms with Gasteiger partial charge < -0.3 is 4.74 Å². The summed E-state index contributed by atoms with van der Waals surface area (Å²) in [5.41, 5.74) is 2.78. The summed E-state index contributed by atoms with van der Waals surface area (Å²) >= 11 is 6.39. The number of aryl methyl sites for hydroxylation is 2. The van der Waals surface area contributed by atoms with Crippen molar-refractivity contribution in [2.75, 3.05) is 19.7 Å². The SMILES string of the molecule is CCOC(=O)C1(Cc2ccccc2)CCN(Cc2c(C)nn(C)c2Cl)CC1. The summed E-state index contributed by atoms with van der Waals surface area (Å²) < 4.78 is 7.18. The Bertz CT molecular complexity index is 780. The van der Waals surface area contributed by atoms with Crippen molar-refractivity contribution in [3.63, 3.8) is 0 Å². The molecule has 1 aliphatic rings. The van der Waals surface area contributed by atoms with Gasteiger partial charge in [-0.25, -0.2) is 0 Å². The minimum Gasteiger partial charge on any atom is -0.466 e. The van der Waals surface area contributed by atoms with Crippen LogP contribution in [0.1, 0.15) is 36.6 Å². The highest BCUT2D eigenvalue weighted by Crippen LogP contribution is 2.37. The summed E-state index contributed by atoms with van der Waals surface area (Å²) in [4.78, 5) is 15.2. The molecule has 1 aliphatic heterocycles. The molecule has 0 amide bonds. The van der Waals surface area contributed by atoms with E-state index in [-0.39, 0.29) is 5.97 Å². The van der Waals surface area contributed by atoms with E-state index >= 15 is 0 Å². The highest BCUT2D eigenvalue weighted by Gasteiger charge is 2.42. The second-order valence-corrected chi connectivity index (χ2v) is 7.78. The molecule has 27 heavy (non-hydrogen) atoms. The van der Waals surface area contributed by atoms with Crippen molar-refractivity contribution in [3.05, 3.63) is 52.3 Å². The Labute approximate surface area is 166 Å². The van der Waals surface area contributed by atoms with Crippen LogP contribution < -0.4 is 0 Å². The van der Waals surface area contributed by atoms with Crippen LogP contribution in [-0.2, 0) is 29.5 Å². The fourth-order valence-electron chi connectivity index (χ4n) is 3.94. The highest BCUT2D eigenvalue weighted by atomic mass is 35.5. The van der Waals surface area contributed by atoms with Gasteiger partial charge in [-0.15, -0.1) is 0 Å². The van der Waals surface area contributed by atoms with Crippen molar-refractivity contribution < 1.29 is 9.53 Å². The molecule has 1 fully saturated rings. The number of hydrogen-bond donors (Lipinski definition) is 0. The number of likely N-dealkylation sites (tertiary alicyclic amines) is 1. The maximum absolute atomic E-state index is 12.8. The number of aromatic nitrogens is 2. The van der Waals surface area contributed by atoms with Crippen molar-refractivity contribution in [3.8, 4) is 0 Å². The molecule has 1 aromatic heterocycles. The first-order valence-electron chi connectivity index (χ1n) is 9.56. The fraction of sp³-hybridized carbons (Fsp3) is 0.524. The van der Waals surface area contributed by atoms with E-state index in [9.17, 15) is 4.79 Å². The first kappa shape index (κ1) is 19.9. The molecule has 0 unspecified atom stereocenters. The number of ether oxygens (including phenoxy) is 1. The van der Waals surface area contributed by atoms with Gasteiger partial charge >= 0.3 is 5.97 Å². The molecule has 2 heterocycles. The van der Waals surface area contributed by atoms with Crippen LogP contribution in [0.2, 0.25) is 5.15 Å². The van der Waals surface area contributed by atoms with Gasteiger partial charge in [-0.2, -0.15) is 5.10 Å². The number of piperidine rings is 1. The summed E-state index contributed by atoms with van der Waals surface area (Å²) in [7, 11) is 1.86. The van der Waals surface area contributed by atoms with E-state index in [0.29, 0.717) is 11.8 Å². The van der Waals surface area contributed by atoms with Crippen molar-refractivity contribution in [1.82, 2.24) is 14.7 Å². The van der Waals surface area contributed by atoms with Crippen LogP contribution in [0.15, 0.2) is 30.3 Å². The minimum absolute atomic E-state index is 0.0657. The molecular formula is C21H28ClN3O2. The van der Waals surface area contributed by atoms with Crippen molar-refractivity contribution in [2.45, 2.75) is 39.7 Å². The lowest BCUT2D eigenvalue weighted by Gasteiger charge is -2.40. The summed E-state index contributed by atoms with van der Waals surface area (Å²) in [6.45, 7) is 6.73. The number of carbonyl (C=O) groups excluding carboxylic acids is 1. The molecular weight excluding hydrogens is 362 g/mol. The molecule has 0 saturated carbocycles. The molecule has 146 valence electrons. The lowest BCUT2D eigenvalue weighted by molar-refractivity contribution is -0.158. The molecule has 0 aliphatic carbocycles. The predicted octanol–water partition coefficient (Wildman–Crippen LogP) is 3.77. The normalized spacial score (nSPS) is 17.0. The molecule has 1 aromatic carbocycles. The first-order valence-corrected chi connectivity index (χ1v) is 9.94. The monoisotopic (exact) mass is 389 g/mol. The summed E-state index contributed by atoms with van der Waals surface area (Å²) in [6.07, 6.45) is 2.31. The molecule has 0 radical (unpaired) electrons. The molecule has 0 spiro atoms. The van der Waals surface area contributed by atoms with E-state index in [2.05, 4.69) is 22.1 Å². The quantitative estimate of drug-likeness (QED) is 0.705. The van der Waals surface area contributed by atoms with Gasteiger partial charge in [0.25, 0.3) is 0 Å². The third kappa shape index (κ3) is 4.36.